The molecule has 0 aromatic rings. The van der Waals surface area contributed by atoms with Gasteiger partial charge in [-0.2, -0.15) is 11.8 Å². The summed E-state index contributed by atoms with van der Waals surface area (Å²) in [4.78, 5) is 2.75. The second-order valence-corrected chi connectivity index (χ2v) is 7.77. The monoisotopic (exact) mass is 270 g/mol. The Morgan fingerprint density at radius 2 is 2.28 bits per heavy atom. The van der Waals surface area contributed by atoms with Gasteiger partial charge in [0.05, 0.1) is 5.60 Å². The Labute approximate surface area is 115 Å². The molecule has 0 bridgehead atoms. The van der Waals surface area contributed by atoms with Gasteiger partial charge in [0.25, 0.3) is 0 Å². The van der Waals surface area contributed by atoms with Crippen LogP contribution < -0.4 is 5.32 Å². The maximum Gasteiger partial charge on any atom is 0.0795 e. The molecule has 3 aliphatic heterocycles. The average molecular weight is 270 g/mol. The van der Waals surface area contributed by atoms with Crippen molar-refractivity contribution in [2.45, 2.75) is 50.3 Å². The van der Waals surface area contributed by atoms with Crippen molar-refractivity contribution >= 4 is 11.8 Å². The first-order chi connectivity index (χ1) is 8.61. The number of nitrogens with zero attached hydrogens (tertiary/aromatic N) is 1. The van der Waals surface area contributed by atoms with E-state index in [4.69, 9.17) is 4.74 Å². The van der Waals surface area contributed by atoms with Crippen molar-refractivity contribution in [1.29, 1.82) is 0 Å². The van der Waals surface area contributed by atoms with Gasteiger partial charge in [-0.05, 0) is 38.9 Å². The van der Waals surface area contributed by atoms with Crippen LogP contribution in [0.2, 0.25) is 0 Å². The molecular formula is C14H26N2OS. The predicted molar refractivity (Wildman–Crippen MR) is 77.3 cm³/mol. The summed E-state index contributed by atoms with van der Waals surface area (Å²) in [7, 11) is 0. The van der Waals surface area contributed by atoms with Gasteiger partial charge < -0.3 is 10.1 Å². The fourth-order valence-electron chi connectivity index (χ4n) is 3.81. The maximum absolute atomic E-state index is 6.15. The topological polar surface area (TPSA) is 24.5 Å². The molecule has 2 atom stereocenters. The van der Waals surface area contributed by atoms with Crippen molar-refractivity contribution in [2.75, 3.05) is 37.7 Å². The molecule has 104 valence electrons. The maximum atomic E-state index is 6.15. The highest BCUT2D eigenvalue weighted by Crippen LogP contribution is 2.40. The van der Waals surface area contributed by atoms with Gasteiger partial charge in [-0.25, -0.2) is 0 Å². The van der Waals surface area contributed by atoms with Crippen LogP contribution in [0.25, 0.3) is 0 Å². The molecule has 0 saturated carbocycles. The molecule has 3 fully saturated rings. The van der Waals surface area contributed by atoms with E-state index in [-0.39, 0.29) is 5.60 Å². The molecule has 3 rings (SSSR count). The predicted octanol–water partition coefficient (Wildman–Crippen LogP) is 1.72. The summed E-state index contributed by atoms with van der Waals surface area (Å²) in [6, 6.07) is 0.731. The van der Waals surface area contributed by atoms with Crippen LogP contribution in [0.1, 0.15) is 33.1 Å². The van der Waals surface area contributed by atoms with Gasteiger partial charge in [-0.1, -0.05) is 0 Å². The van der Waals surface area contributed by atoms with Crippen LogP contribution in [0.5, 0.6) is 0 Å². The highest BCUT2D eigenvalue weighted by Gasteiger charge is 2.44. The van der Waals surface area contributed by atoms with Crippen molar-refractivity contribution in [3.8, 4) is 0 Å². The minimum atomic E-state index is 0.217. The van der Waals surface area contributed by atoms with E-state index >= 15 is 0 Å². The molecule has 18 heavy (non-hydrogen) atoms. The second kappa shape index (κ2) is 4.97. The minimum absolute atomic E-state index is 0.217. The largest absolute Gasteiger partial charge is 0.374 e. The van der Waals surface area contributed by atoms with Gasteiger partial charge in [0.2, 0.25) is 0 Å². The summed E-state index contributed by atoms with van der Waals surface area (Å²) < 4.78 is 6.15. The number of hydrogen-bond acceptors (Lipinski definition) is 4. The third-order valence-electron chi connectivity index (χ3n) is 4.84. The lowest BCUT2D eigenvalue weighted by Crippen LogP contribution is -2.63. The zero-order chi connectivity index (χ0) is 12.6. The van der Waals surface area contributed by atoms with Gasteiger partial charge in [0.1, 0.15) is 0 Å². The second-order valence-electron chi connectivity index (χ2n) is 6.66. The van der Waals surface area contributed by atoms with E-state index in [0.29, 0.717) is 5.54 Å². The van der Waals surface area contributed by atoms with Crippen LogP contribution in [0.4, 0.5) is 0 Å². The smallest absolute Gasteiger partial charge is 0.0795 e. The zero-order valence-electron chi connectivity index (χ0n) is 11.7. The Hall–Kier alpha value is 0.230. The number of rotatable bonds is 1. The van der Waals surface area contributed by atoms with E-state index in [9.17, 15) is 0 Å². The fraction of sp³-hybridized carbons (Fsp3) is 1.00. The first kappa shape index (κ1) is 13.2. The van der Waals surface area contributed by atoms with Crippen molar-refractivity contribution in [3.05, 3.63) is 0 Å². The third kappa shape index (κ3) is 2.45. The first-order valence-electron chi connectivity index (χ1n) is 7.31. The molecule has 3 aliphatic rings. The first-order valence-corrected chi connectivity index (χ1v) is 8.46. The lowest BCUT2D eigenvalue weighted by molar-refractivity contribution is -0.106. The van der Waals surface area contributed by atoms with E-state index < -0.39 is 0 Å². The summed E-state index contributed by atoms with van der Waals surface area (Å²) >= 11 is 2.07. The molecular weight excluding hydrogens is 244 g/mol. The third-order valence-corrected chi connectivity index (χ3v) is 6.06. The molecule has 3 heterocycles. The van der Waals surface area contributed by atoms with Crippen LogP contribution in [0.3, 0.4) is 0 Å². The van der Waals surface area contributed by atoms with Crippen LogP contribution in [0, 0.1) is 0 Å². The zero-order valence-corrected chi connectivity index (χ0v) is 12.5. The van der Waals surface area contributed by atoms with Crippen molar-refractivity contribution < 1.29 is 4.74 Å². The minimum Gasteiger partial charge on any atom is -0.374 e. The Kier molecular flexibility index (Phi) is 3.65. The molecule has 1 spiro atoms. The SMILES string of the molecule is CC1(C)CNCCN1C1CCOC2(CCSC2)C1. The van der Waals surface area contributed by atoms with E-state index in [1.54, 1.807) is 0 Å². The average Bonchev–Trinajstić information content (AvgIpc) is 2.76. The quantitative estimate of drug-likeness (QED) is 0.784. The number of ether oxygens (including phenoxy) is 1. The summed E-state index contributed by atoms with van der Waals surface area (Å²) in [5, 5.41) is 3.53. The molecule has 4 heteroatoms. The normalized spacial score (nSPS) is 41.3. The molecule has 2 unspecified atom stereocenters. The molecule has 0 aliphatic carbocycles. The molecule has 3 nitrogen and oxygen atoms in total. The fourth-order valence-corrected chi connectivity index (χ4v) is 5.18. The van der Waals surface area contributed by atoms with Gasteiger partial charge in [0.15, 0.2) is 0 Å². The van der Waals surface area contributed by atoms with Crippen LogP contribution >= 0.6 is 11.8 Å². The van der Waals surface area contributed by atoms with E-state index in [0.717, 1.165) is 25.7 Å². The highest BCUT2D eigenvalue weighted by molar-refractivity contribution is 7.99. The number of piperazine rings is 1. The summed E-state index contributed by atoms with van der Waals surface area (Å²) in [6.45, 7) is 9.18. The van der Waals surface area contributed by atoms with Gasteiger partial charge in [-0.15, -0.1) is 0 Å². The highest BCUT2D eigenvalue weighted by atomic mass is 32.2. The van der Waals surface area contributed by atoms with Crippen LogP contribution in [-0.2, 0) is 4.74 Å². The lowest BCUT2D eigenvalue weighted by atomic mass is 9.86. The molecule has 1 N–H and O–H groups in total. The Bertz CT molecular complexity index is 302. The van der Waals surface area contributed by atoms with Crippen molar-refractivity contribution in [3.63, 3.8) is 0 Å². The standard InChI is InChI=1S/C14H26N2OS/c1-13(2)10-15-5-6-16(13)12-3-7-17-14(9-12)4-8-18-11-14/h12,15H,3-11H2,1-2H3. The number of nitrogens with one attached hydrogen (secondary N) is 1. The van der Waals surface area contributed by atoms with Crippen LogP contribution in [-0.4, -0.2) is 59.8 Å². The lowest BCUT2D eigenvalue weighted by Gasteiger charge is -2.51. The molecule has 3 saturated heterocycles. The van der Waals surface area contributed by atoms with Crippen molar-refractivity contribution in [1.82, 2.24) is 10.2 Å². The number of thioether (sulfide) groups is 1. The molecule has 0 amide bonds. The Morgan fingerprint density at radius 1 is 1.39 bits per heavy atom. The van der Waals surface area contributed by atoms with Gasteiger partial charge in [0, 0.05) is 43.6 Å². The summed E-state index contributed by atoms with van der Waals surface area (Å²) in [5.41, 5.74) is 0.516. The van der Waals surface area contributed by atoms with Gasteiger partial charge in [-0.3, -0.25) is 4.90 Å². The van der Waals surface area contributed by atoms with E-state index in [2.05, 4.69) is 35.8 Å². The molecule has 0 aromatic heterocycles. The van der Waals surface area contributed by atoms with Crippen LogP contribution in [0.15, 0.2) is 0 Å². The van der Waals surface area contributed by atoms with Gasteiger partial charge >= 0.3 is 0 Å². The Morgan fingerprint density at radius 3 is 3.00 bits per heavy atom. The van der Waals surface area contributed by atoms with Crippen molar-refractivity contribution in [2.24, 2.45) is 0 Å². The molecule has 0 aromatic carbocycles. The number of hydrogen-bond donors (Lipinski definition) is 1. The van der Waals surface area contributed by atoms with E-state index in [1.807, 2.05) is 0 Å². The van der Waals surface area contributed by atoms with E-state index in [1.165, 1.54) is 37.3 Å². The Balaban J connectivity index is 1.71. The summed E-state index contributed by atoms with van der Waals surface area (Å²) in [5.74, 6) is 2.51. The molecule has 0 radical (unpaired) electrons. The summed E-state index contributed by atoms with van der Waals surface area (Å²) in [6.07, 6.45) is 3.74.